The highest BCUT2D eigenvalue weighted by Gasteiger charge is 2.07. The van der Waals surface area contributed by atoms with Crippen molar-refractivity contribution in [3.63, 3.8) is 0 Å². The van der Waals surface area contributed by atoms with Crippen molar-refractivity contribution in [3.8, 4) is 0 Å². The lowest BCUT2D eigenvalue weighted by Crippen LogP contribution is -2.00. The molecule has 12 heavy (non-hydrogen) atoms. The Kier molecular flexibility index (Phi) is 3.33. The molecule has 0 spiro atoms. The minimum atomic E-state index is -0.0938. The van der Waals surface area contributed by atoms with E-state index in [1.54, 1.807) is 0 Å². The number of ether oxygens (including phenoxy) is 1. The Bertz CT molecular complexity index is 231. The van der Waals surface area contributed by atoms with Crippen molar-refractivity contribution in [1.82, 2.24) is 0 Å². The van der Waals surface area contributed by atoms with Gasteiger partial charge in [-0.25, -0.2) is 0 Å². The van der Waals surface area contributed by atoms with Crippen LogP contribution in [0.1, 0.15) is 25.0 Å². The molecule has 1 atom stereocenters. The topological polar surface area (TPSA) is 26.3 Å². The highest BCUT2D eigenvalue weighted by Crippen LogP contribution is 2.18. The molecule has 0 aliphatic heterocycles. The van der Waals surface area contributed by atoms with Crippen molar-refractivity contribution in [3.05, 3.63) is 35.9 Å². The number of hydrogen-bond acceptors (Lipinski definition) is 2. The normalized spacial score (nSPS) is 12.1. The second-order valence-electron chi connectivity index (χ2n) is 2.54. The van der Waals surface area contributed by atoms with Gasteiger partial charge < -0.3 is 4.74 Å². The van der Waals surface area contributed by atoms with E-state index in [0.717, 1.165) is 12.0 Å². The lowest BCUT2D eigenvalue weighted by atomic mass is 10.1. The molecule has 0 unspecified atom stereocenters. The summed E-state index contributed by atoms with van der Waals surface area (Å²) in [6.07, 6.45) is 0.714. The van der Waals surface area contributed by atoms with Gasteiger partial charge in [0.2, 0.25) is 0 Å². The third-order valence-electron chi connectivity index (χ3n) is 1.76. The molecule has 0 radical (unpaired) electrons. The molecule has 1 aromatic rings. The molecule has 2 nitrogen and oxygen atoms in total. The predicted octanol–water partition coefficient (Wildman–Crippen LogP) is 2.31. The SMILES string of the molecule is CC[C@@H](OC=O)c1ccccc1. The van der Waals surface area contributed by atoms with Crippen LogP contribution < -0.4 is 0 Å². The van der Waals surface area contributed by atoms with E-state index in [9.17, 15) is 4.79 Å². The first-order chi connectivity index (χ1) is 5.88. The summed E-state index contributed by atoms with van der Waals surface area (Å²) in [6, 6.07) is 9.73. The van der Waals surface area contributed by atoms with Crippen LogP contribution in [0.15, 0.2) is 30.3 Å². The molecule has 0 fully saturated rings. The van der Waals surface area contributed by atoms with Gasteiger partial charge >= 0.3 is 0 Å². The molecule has 0 heterocycles. The van der Waals surface area contributed by atoms with Gasteiger partial charge in [0.25, 0.3) is 6.47 Å². The maximum atomic E-state index is 10.1. The highest BCUT2D eigenvalue weighted by atomic mass is 16.5. The maximum absolute atomic E-state index is 10.1. The van der Waals surface area contributed by atoms with E-state index in [1.165, 1.54) is 0 Å². The summed E-state index contributed by atoms with van der Waals surface area (Å²) in [5.41, 5.74) is 1.05. The summed E-state index contributed by atoms with van der Waals surface area (Å²) in [6.45, 7) is 2.49. The molecular formula is C10H12O2. The summed E-state index contributed by atoms with van der Waals surface area (Å²) in [7, 11) is 0. The summed E-state index contributed by atoms with van der Waals surface area (Å²) >= 11 is 0. The average molecular weight is 164 g/mol. The zero-order chi connectivity index (χ0) is 8.81. The Morgan fingerprint density at radius 2 is 2.08 bits per heavy atom. The lowest BCUT2D eigenvalue weighted by molar-refractivity contribution is -0.134. The van der Waals surface area contributed by atoms with E-state index < -0.39 is 0 Å². The third kappa shape index (κ3) is 2.09. The largest absolute Gasteiger partial charge is 0.460 e. The van der Waals surface area contributed by atoms with E-state index in [1.807, 2.05) is 37.3 Å². The highest BCUT2D eigenvalue weighted by molar-refractivity contribution is 5.38. The Hall–Kier alpha value is -1.31. The Morgan fingerprint density at radius 1 is 1.42 bits per heavy atom. The second kappa shape index (κ2) is 4.54. The van der Waals surface area contributed by atoms with E-state index in [2.05, 4.69) is 0 Å². The number of hydrogen-bond donors (Lipinski definition) is 0. The van der Waals surface area contributed by atoms with Gasteiger partial charge in [-0.2, -0.15) is 0 Å². The third-order valence-corrected chi connectivity index (χ3v) is 1.76. The van der Waals surface area contributed by atoms with Gasteiger partial charge in [0.05, 0.1) is 0 Å². The molecule has 0 aromatic heterocycles. The van der Waals surface area contributed by atoms with Crippen LogP contribution in [-0.4, -0.2) is 6.47 Å². The quantitative estimate of drug-likeness (QED) is 0.638. The van der Waals surface area contributed by atoms with Gasteiger partial charge in [0.1, 0.15) is 6.10 Å². The fraction of sp³-hybridized carbons (Fsp3) is 0.300. The van der Waals surface area contributed by atoms with Crippen LogP contribution in [0.3, 0.4) is 0 Å². The van der Waals surface area contributed by atoms with E-state index in [0.29, 0.717) is 6.47 Å². The zero-order valence-corrected chi connectivity index (χ0v) is 7.07. The summed E-state index contributed by atoms with van der Waals surface area (Å²) in [4.78, 5) is 10.1. The van der Waals surface area contributed by atoms with Crippen molar-refractivity contribution in [2.75, 3.05) is 0 Å². The molecule has 2 heteroatoms. The van der Waals surface area contributed by atoms with Crippen LogP contribution in [0.5, 0.6) is 0 Å². The first-order valence-electron chi connectivity index (χ1n) is 4.02. The number of rotatable bonds is 4. The summed E-state index contributed by atoms with van der Waals surface area (Å²) < 4.78 is 4.90. The minimum absolute atomic E-state index is 0.0938. The van der Waals surface area contributed by atoms with Crippen LogP contribution >= 0.6 is 0 Å². The zero-order valence-electron chi connectivity index (χ0n) is 7.07. The molecule has 0 aliphatic rings. The van der Waals surface area contributed by atoms with Crippen LogP contribution in [0, 0.1) is 0 Å². The Balaban J connectivity index is 2.72. The Labute approximate surface area is 72.2 Å². The van der Waals surface area contributed by atoms with Crippen LogP contribution in [0.4, 0.5) is 0 Å². The smallest absolute Gasteiger partial charge is 0.293 e. The molecule has 0 N–H and O–H groups in total. The van der Waals surface area contributed by atoms with Crippen molar-refractivity contribution < 1.29 is 9.53 Å². The molecule has 0 amide bonds. The lowest BCUT2D eigenvalue weighted by Gasteiger charge is -2.12. The van der Waals surface area contributed by atoms with Crippen molar-refractivity contribution >= 4 is 6.47 Å². The van der Waals surface area contributed by atoms with Crippen LogP contribution in [0.2, 0.25) is 0 Å². The average Bonchev–Trinajstić information content (AvgIpc) is 2.15. The second-order valence-corrected chi connectivity index (χ2v) is 2.54. The van der Waals surface area contributed by atoms with Crippen molar-refractivity contribution in [2.24, 2.45) is 0 Å². The molecule has 64 valence electrons. The van der Waals surface area contributed by atoms with Crippen LogP contribution in [0.25, 0.3) is 0 Å². The minimum Gasteiger partial charge on any atom is -0.460 e. The first kappa shape index (κ1) is 8.78. The van der Waals surface area contributed by atoms with Gasteiger partial charge in [-0.15, -0.1) is 0 Å². The number of carbonyl (C=O) groups is 1. The number of carbonyl (C=O) groups excluding carboxylic acids is 1. The van der Waals surface area contributed by atoms with Gasteiger partial charge in [0.15, 0.2) is 0 Å². The fourth-order valence-electron chi connectivity index (χ4n) is 1.15. The van der Waals surface area contributed by atoms with Gasteiger partial charge in [-0.3, -0.25) is 4.79 Å². The van der Waals surface area contributed by atoms with E-state index in [-0.39, 0.29) is 6.10 Å². The first-order valence-corrected chi connectivity index (χ1v) is 4.02. The molecule has 0 aliphatic carbocycles. The summed E-state index contributed by atoms with van der Waals surface area (Å²) in [5.74, 6) is 0. The van der Waals surface area contributed by atoms with E-state index >= 15 is 0 Å². The number of benzene rings is 1. The maximum Gasteiger partial charge on any atom is 0.293 e. The monoisotopic (exact) mass is 164 g/mol. The summed E-state index contributed by atoms with van der Waals surface area (Å²) in [5, 5.41) is 0. The Morgan fingerprint density at radius 3 is 2.58 bits per heavy atom. The fourth-order valence-corrected chi connectivity index (χ4v) is 1.15. The van der Waals surface area contributed by atoms with Gasteiger partial charge in [0, 0.05) is 0 Å². The van der Waals surface area contributed by atoms with Gasteiger partial charge in [-0.1, -0.05) is 37.3 Å². The van der Waals surface area contributed by atoms with Crippen molar-refractivity contribution in [2.45, 2.75) is 19.4 Å². The van der Waals surface area contributed by atoms with Crippen LogP contribution in [-0.2, 0) is 9.53 Å². The molecule has 0 saturated carbocycles. The molecule has 0 bridgehead atoms. The van der Waals surface area contributed by atoms with Gasteiger partial charge in [-0.05, 0) is 12.0 Å². The van der Waals surface area contributed by atoms with E-state index in [4.69, 9.17) is 4.74 Å². The molecule has 1 rings (SSSR count). The molecule has 1 aromatic carbocycles. The van der Waals surface area contributed by atoms with Crippen molar-refractivity contribution in [1.29, 1.82) is 0 Å². The molecular weight excluding hydrogens is 152 g/mol. The predicted molar refractivity (Wildman–Crippen MR) is 46.6 cm³/mol. The standard InChI is InChI=1S/C10H12O2/c1-2-10(12-8-11)9-6-4-3-5-7-9/h3-8,10H,2H2,1H3/t10-/m1/s1. The molecule has 0 saturated heterocycles.